The highest BCUT2D eigenvalue weighted by Crippen LogP contribution is 2.48. The van der Waals surface area contributed by atoms with E-state index in [1.54, 1.807) is 26.4 Å². The zero-order valence-corrected chi connectivity index (χ0v) is 17.6. The molecule has 0 saturated carbocycles. The fraction of sp³-hybridized carbons (Fsp3) is 0.562. The molecule has 1 aliphatic rings. The van der Waals surface area contributed by atoms with E-state index in [1.807, 2.05) is 0 Å². The lowest BCUT2D eigenvalue weighted by molar-refractivity contribution is -0.144. The van der Waals surface area contributed by atoms with Gasteiger partial charge < -0.3 is 9.64 Å². The van der Waals surface area contributed by atoms with E-state index in [9.17, 15) is 14.4 Å². The molecule has 0 aromatic carbocycles. The van der Waals surface area contributed by atoms with Gasteiger partial charge in [0.1, 0.15) is 4.75 Å². The highest BCUT2D eigenvalue weighted by molar-refractivity contribution is 8.00. The molecule has 0 saturated heterocycles. The van der Waals surface area contributed by atoms with E-state index in [0.29, 0.717) is 6.42 Å². The number of alkyl halides is 3. The van der Waals surface area contributed by atoms with E-state index >= 15 is 0 Å². The average molecular weight is 429 g/mol. The average Bonchev–Trinajstić information content (AvgIpc) is 2.54. The van der Waals surface area contributed by atoms with Crippen LogP contribution in [0.25, 0.3) is 0 Å². The smallest absolute Gasteiger partial charge is 0.322 e. The number of carbonyl (C=O) groups excluding carboxylic acids is 3. The minimum Gasteiger partial charge on any atom is -0.468 e. The molecule has 1 heterocycles. The lowest BCUT2D eigenvalue weighted by Gasteiger charge is -2.41. The van der Waals surface area contributed by atoms with E-state index in [0.717, 1.165) is 0 Å². The first-order valence-corrected chi connectivity index (χ1v) is 9.73. The quantitative estimate of drug-likeness (QED) is 0.476. The molecule has 25 heavy (non-hydrogen) atoms. The largest absolute Gasteiger partial charge is 0.468 e. The summed E-state index contributed by atoms with van der Waals surface area (Å²) in [4.78, 5) is 39.2. The van der Waals surface area contributed by atoms with E-state index in [4.69, 9.17) is 39.5 Å². The molecule has 1 rings (SSSR count). The van der Waals surface area contributed by atoms with Crippen molar-refractivity contribution in [2.24, 2.45) is 5.92 Å². The second-order valence-electron chi connectivity index (χ2n) is 5.59. The summed E-state index contributed by atoms with van der Waals surface area (Å²) in [7, 11) is 2.91. The number of ketones is 2. The molecule has 0 N–H and O–H groups in total. The van der Waals surface area contributed by atoms with E-state index < -0.39 is 26.2 Å². The Bertz CT molecular complexity index is 636. The van der Waals surface area contributed by atoms with E-state index in [1.165, 1.54) is 36.9 Å². The Morgan fingerprint density at radius 1 is 1.24 bits per heavy atom. The van der Waals surface area contributed by atoms with Crippen molar-refractivity contribution in [1.82, 2.24) is 4.90 Å². The van der Waals surface area contributed by atoms with Crippen LogP contribution in [0, 0.1) is 5.92 Å². The fourth-order valence-electron chi connectivity index (χ4n) is 2.93. The Hall–Kier alpha value is -0.690. The van der Waals surface area contributed by atoms with Gasteiger partial charge in [-0.1, -0.05) is 41.7 Å². The number of ether oxygens (including phenoxy) is 1. The summed E-state index contributed by atoms with van der Waals surface area (Å²) < 4.78 is 1.56. The lowest BCUT2D eigenvalue weighted by atomic mass is 9.74. The third-order valence-corrected chi connectivity index (χ3v) is 6.05. The summed E-state index contributed by atoms with van der Waals surface area (Å²) in [6, 6.07) is 0. The number of hydrogen-bond acceptors (Lipinski definition) is 6. The highest BCUT2D eigenvalue weighted by Gasteiger charge is 2.53. The van der Waals surface area contributed by atoms with Gasteiger partial charge in [0, 0.05) is 36.5 Å². The topological polar surface area (TPSA) is 63.7 Å². The van der Waals surface area contributed by atoms with Gasteiger partial charge in [-0.3, -0.25) is 14.4 Å². The third-order valence-electron chi connectivity index (χ3n) is 4.12. The number of hydrogen-bond donors (Lipinski definition) is 0. The van der Waals surface area contributed by atoms with Gasteiger partial charge in [-0.25, -0.2) is 0 Å². The van der Waals surface area contributed by atoms with Crippen molar-refractivity contribution in [2.45, 2.75) is 28.8 Å². The zero-order chi connectivity index (χ0) is 19.6. The van der Waals surface area contributed by atoms with Crippen LogP contribution in [0.5, 0.6) is 0 Å². The molecule has 1 aliphatic heterocycles. The number of rotatable bonds is 6. The Kier molecular flexibility index (Phi) is 7.45. The first kappa shape index (κ1) is 22.4. The summed E-state index contributed by atoms with van der Waals surface area (Å²) in [5.74, 6) is -2.50. The van der Waals surface area contributed by atoms with Crippen LogP contribution in [-0.4, -0.2) is 51.4 Å². The van der Waals surface area contributed by atoms with Crippen molar-refractivity contribution in [3.05, 3.63) is 23.5 Å². The molecule has 0 amide bonds. The number of nitrogens with zero attached hydrogens (tertiary/aromatic N) is 1. The fourth-order valence-corrected chi connectivity index (χ4v) is 4.28. The second kappa shape index (κ2) is 8.33. The van der Waals surface area contributed by atoms with E-state index in [2.05, 4.69) is 0 Å². The monoisotopic (exact) mass is 427 g/mol. The maximum absolute atomic E-state index is 12.7. The van der Waals surface area contributed by atoms with Crippen molar-refractivity contribution in [2.75, 3.05) is 20.4 Å². The maximum atomic E-state index is 12.7. The number of halogens is 3. The number of Topliss-reactive ketones (excluding diaryl/α,β-unsaturated/α-hetero) is 2. The summed E-state index contributed by atoms with van der Waals surface area (Å²) in [5.41, 5.74) is 0.362. The molecule has 9 heteroatoms. The molecular weight excluding hydrogens is 409 g/mol. The Morgan fingerprint density at radius 3 is 2.12 bits per heavy atom. The molecule has 140 valence electrons. The van der Waals surface area contributed by atoms with Crippen LogP contribution < -0.4 is 0 Å². The Labute approximate surface area is 166 Å². The third kappa shape index (κ3) is 4.35. The predicted molar refractivity (Wildman–Crippen MR) is 102 cm³/mol. The Morgan fingerprint density at radius 2 is 1.76 bits per heavy atom. The number of allylic oxidation sites excluding steroid dienone is 2. The van der Waals surface area contributed by atoms with Gasteiger partial charge in [-0.2, -0.15) is 0 Å². The normalized spacial score (nSPS) is 20.3. The molecular formula is C16H20Cl3NO4S. The van der Waals surface area contributed by atoms with Crippen molar-refractivity contribution in [3.63, 3.8) is 0 Å². The molecule has 0 bridgehead atoms. The lowest BCUT2D eigenvalue weighted by Crippen LogP contribution is -2.49. The van der Waals surface area contributed by atoms with Crippen molar-refractivity contribution < 1.29 is 19.1 Å². The summed E-state index contributed by atoms with van der Waals surface area (Å²) in [6.07, 6.45) is 5.08. The molecule has 0 fully saturated rings. The van der Waals surface area contributed by atoms with Crippen LogP contribution in [-0.2, 0) is 19.1 Å². The minimum atomic E-state index is -2.21. The molecule has 0 radical (unpaired) electrons. The van der Waals surface area contributed by atoms with Gasteiger partial charge in [0.15, 0.2) is 5.78 Å². The molecule has 2 unspecified atom stereocenters. The summed E-state index contributed by atoms with van der Waals surface area (Å²) in [5, 5.41) is 0. The number of carbonyl (C=O) groups is 3. The molecule has 0 aliphatic carbocycles. The van der Waals surface area contributed by atoms with Crippen LogP contribution in [0.3, 0.4) is 0 Å². The van der Waals surface area contributed by atoms with Gasteiger partial charge in [0.25, 0.3) is 3.79 Å². The first-order valence-electron chi connectivity index (χ1n) is 7.37. The van der Waals surface area contributed by atoms with Crippen LogP contribution in [0.15, 0.2) is 23.5 Å². The zero-order valence-electron chi connectivity index (χ0n) is 14.6. The van der Waals surface area contributed by atoms with Crippen molar-refractivity contribution in [3.8, 4) is 0 Å². The molecule has 2 atom stereocenters. The van der Waals surface area contributed by atoms with Crippen molar-refractivity contribution >= 4 is 64.1 Å². The van der Waals surface area contributed by atoms with Crippen LogP contribution >= 0.6 is 46.6 Å². The molecule has 0 spiro atoms. The van der Waals surface area contributed by atoms with E-state index in [-0.39, 0.29) is 16.9 Å². The van der Waals surface area contributed by atoms with Gasteiger partial charge in [0.05, 0.1) is 7.11 Å². The molecule has 0 aromatic heterocycles. The number of esters is 1. The standard InChI is InChI=1S/C16H20Cl3NO4S/c1-6-15(25-5,14(23)24-4)12-10(9(2)21)7-20(3)8-11(12)13(22)16(17,18)19/h7-8,12H,6H2,1-5H3. The SMILES string of the molecule is CCC(SC)(C(=O)OC)C1C(C(C)=O)=CN(C)C=C1C(=O)C(Cl)(Cl)Cl. The summed E-state index contributed by atoms with van der Waals surface area (Å²) in [6.45, 7) is 3.15. The predicted octanol–water partition coefficient (Wildman–Crippen LogP) is 3.53. The van der Waals surface area contributed by atoms with Crippen molar-refractivity contribution in [1.29, 1.82) is 0 Å². The van der Waals surface area contributed by atoms with Crippen LogP contribution in [0.2, 0.25) is 0 Å². The summed E-state index contributed by atoms with van der Waals surface area (Å²) >= 11 is 18.6. The second-order valence-corrected chi connectivity index (χ2v) is 9.01. The maximum Gasteiger partial charge on any atom is 0.322 e. The minimum absolute atomic E-state index is 0.0804. The van der Waals surface area contributed by atoms with Crippen LogP contribution in [0.1, 0.15) is 20.3 Å². The van der Waals surface area contributed by atoms with Gasteiger partial charge >= 0.3 is 5.97 Å². The number of methoxy groups -OCH3 is 1. The van der Waals surface area contributed by atoms with Gasteiger partial charge in [-0.15, -0.1) is 11.8 Å². The highest BCUT2D eigenvalue weighted by atomic mass is 35.6. The first-order chi connectivity index (χ1) is 11.5. The molecule has 5 nitrogen and oxygen atoms in total. The Balaban J connectivity index is 3.72. The number of thioether (sulfide) groups is 1. The van der Waals surface area contributed by atoms with Crippen LogP contribution in [0.4, 0.5) is 0 Å². The molecule has 0 aromatic rings. The van der Waals surface area contributed by atoms with Gasteiger partial charge in [-0.05, 0) is 19.6 Å². The van der Waals surface area contributed by atoms with Gasteiger partial charge in [0.2, 0.25) is 5.78 Å².